The SMILES string of the molecule is CCNCc1cc(C)ccc1N1CCC(OCC)CC1. The zero-order valence-corrected chi connectivity index (χ0v) is 13.1. The van der Waals surface area contributed by atoms with E-state index in [9.17, 15) is 0 Å². The van der Waals surface area contributed by atoms with Gasteiger partial charge in [-0.15, -0.1) is 0 Å². The molecule has 2 rings (SSSR count). The summed E-state index contributed by atoms with van der Waals surface area (Å²) in [6.07, 6.45) is 2.74. The molecule has 112 valence electrons. The van der Waals surface area contributed by atoms with Gasteiger partial charge in [-0.2, -0.15) is 0 Å². The molecule has 0 amide bonds. The van der Waals surface area contributed by atoms with E-state index < -0.39 is 0 Å². The third-order valence-corrected chi connectivity index (χ3v) is 3.99. The van der Waals surface area contributed by atoms with Gasteiger partial charge in [-0.25, -0.2) is 0 Å². The van der Waals surface area contributed by atoms with Gasteiger partial charge in [0.15, 0.2) is 0 Å². The van der Waals surface area contributed by atoms with Gasteiger partial charge in [-0.3, -0.25) is 0 Å². The van der Waals surface area contributed by atoms with E-state index in [1.54, 1.807) is 0 Å². The number of rotatable bonds is 6. The van der Waals surface area contributed by atoms with Crippen LogP contribution in [0.4, 0.5) is 5.69 Å². The standard InChI is InChI=1S/C17H28N2O/c1-4-18-13-15-12-14(3)6-7-17(15)19-10-8-16(9-11-19)20-5-2/h6-7,12,16,18H,4-5,8-11,13H2,1-3H3. The van der Waals surface area contributed by atoms with Gasteiger partial charge in [0.1, 0.15) is 0 Å². The third kappa shape index (κ3) is 3.97. The molecule has 1 aromatic carbocycles. The van der Waals surface area contributed by atoms with E-state index in [-0.39, 0.29) is 0 Å². The highest BCUT2D eigenvalue weighted by Crippen LogP contribution is 2.26. The molecular weight excluding hydrogens is 248 g/mol. The van der Waals surface area contributed by atoms with Gasteiger partial charge in [0.05, 0.1) is 6.10 Å². The minimum Gasteiger partial charge on any atom is -0.378 e. The van der Waals surface area contributed by atoms with Crippen molar-refractivity contribution in [1.29, 1.82) is 0 Å². The average Bonchev–Trinajstić information content (AvgIpc) is 2.47. The quantitative estimate of drug-likeness (QED) is 0.864. The predicted octanol–water partition coefficient (Wildman–Crippen LogP) is 3.11. The number of hydrogen-bond donors (Lipinski definition) is 1. The Morgan fingerprint density at radius 1 is 1.25 bits per heavy atom. The average molecular weight is 276 g/mol. The molecule has 0 unspecified atom stereocenters. The van der Waals surface area contributed by atoms with E-state index in [4.69, 9.17) is 4.74 Å². The van der Waals surface area contributed by atoms with Crippen molar-refractivity contribution in [2.24, 2.45) is 0 Å². The van der Waals surface area contributed by atoms with Gasteiger partial charge in [-0.05, 0) is 44.9 Å². The van der Waals surface area contributed by atoms with Crippen molar-refractivity contribution < 1.29 is 4.74 Å². The first kappa shape index (κ1) is 15.3. The van der Waals surface area contributed by atoms with E-state index in [0.717, 1.165) is 45.6 Å². The fraction of sp³-hybridized carbons (Fsp3) is 0.647. The lowest BCUT2D eigenvalue weighted by Gasteiger charge is -2.34. The van der Waals surface area contributed by atoms with Crippen molar-refractivity contribution >= 4 is 5.69 Å². The molecule has 1 heterocycles. The van der Waals surface area contributed by atoms with Crippen molar-refractivity contribution in [2.75, 3.05) is 31.1 Å². The summed E-state index contributed by atoms with van der Waals surface area (Å²) in [6.45, 7) is 11.4. The van der Waals surface area contributed by atoms with Gasteiger partial charge in [0, 0.05) is 31.9 Å². The number of nitrogens with zero attached hydrogens (tertiary/aromatic N) is 1. The van der Waals surface area contributed by atoms with Gasteiger partial charge in [0.2, 0.25) is 0 Å². The maximum Gasteiger partial charge on any atom is 0.0608 e. The zero-order chi connectivity index (χ0) is 14.4. The molecule has 3 nitrogen and oxygen atoms in total. The molecule has 0 aromatic heterocycles. The van der Waals surface area contributed by atoms with E-state index in [1.807, 2.05) is 0 Å². The molecule has 0 bridgehead atoms. The lowest BCUT2D eigenvalue weighted by molar-refractivity contribution is 0.0459. The number of nitrogens with one attached hydrogen (secondary N) is 1. The fourth-order valence-corrected chi connectivity index (χ4v) is 2.92. The molecule has 1 saturated heterocycles. The van der Waals surface area contributed by atoms with Crippen LogP contribution in [0.3, 0.4) is 0 Å². The Morgan fingerprint density at radius 3 is 2.65 bits per heavy atom. The van der Waals surface area contributed by atoms with E-state index in [2.05, 4.69) is 49.2 Å². The van der Waals surface area contributed by atoms with E-state index in [0.29, 0.717) is 6.10 Å². The Morgan fingerprint density at radius 2 is 2.00 bits per heavy atom. The Hall–Kier alpha value is -1.06. The molecule has 1 aliphatic rings. The summed E-state index contributed by atoms with van der Waals surface area (Å²) in [5, 5.41) is 3.45. The first-order valence-electron chi connectivity index (χ1n) is 7.91. The van der Waals surface area contributed by atoms with Crippen LogP contribution in [0, 0.1) is 6.92 Å². The topological polar surface area (TPSA) is 24.5 Å². The van der Waals surface area contributed by atoms with Gasteiger partial charge < -0.3 is 15.0 Å². The second-order valence-corrected chi connectivity index (χ2v) is 5.55. The highest BCUT2D eigenvalue weighted by atomic mass is 16.5. The number of anilines is 1. The molecule has 0 saturated carbocycles. The van der Waals surface area contributed by atoms with Crippen molar-refractivity contribution in [1.82, 2.24) is 5.32 Å². The lowest BCUT2D eigenvalue weighted by atomic mass is 10.0. The molecule has 1 aromatic rings. The highest BCUT2D eigenvalue weighted by molar-refractivity contribution is 5.55. The van der Waals surface area contributed by atoms with Crippen LogP contribution >= 0.6 is 0 Å². The Balaban J connectivity index is 2.04. The number of benzene rings is 1. The smallest absolute Gasteiger partial charge is 0.0608 e. The minimum atomic E-state index is 0.457. The Kier molecular flexibility index (Phi) is 5.86. The van der Waals surface area contributed by atoms with Crippen LogP contribution < -0.4 is 10.2 Å². The minimum absolute atomic E-state index is 0.457. The number of hydrogen-bond acceptors (Lipinski definition) is 3. The lowest BCUT2D eigenvalue weighted by Crippen LogP contribution is -2.37. The maximum atomic E-state index is 5.74. The summed E-state index contributed by atoms with van der Waals surface area (Å²) in [6, 6.07) is 6.81. The predicted molar refractivity (Wildman–Crippen MR) is 85.4 cm³/mol. The van der Waals surface area contributed by atoms with Crippen LogP contribution in [0.15, 0.2) is 18.2 Å². The molecule has 20 heavy (non-hydrogen) atoms. The van der Waals surface area contributed by atoms with Crippen LogP contribution in [0.25, 0.3) is 0 Å². The molecule has 1 N–H and O–H groups in total. The summed E-state index contributed by atoms with van der Waals surface area (Å²) in [5.41, 5.74) is 4.15. The second kappa shape index (κ2) is 7.65. The zero-order valence-electron chi connectivity index (χ0n) is 13.1. The van der Waals surface area contributed by atoms with Crippen molar-refractivity contribution in [3.63, 3.8) is 0 Å². The van der Waals surface area contributed by atoms with E-state index in [1.165, 1.54) is 16.8 Å². The summed E-state index contributed by atoms with van der Waals surface area (Å²) >= 11 is 0. The molecule has 0 radical (unpaired) electrons. The van der Waals surface area contributed by atoms with Gasteiger partial charge in [-0.1, -0.05) is 24.6 Å². The highest BCUT2D eigenvalue weighted by Gasteiger charge is 2.20. The monoisotopic (exact) mass is 276 g/mol. The van der Waals surface area contributed by atoms with Crippen LogP contribution in [-0.4, -0.2) is 32.3 Å². The number of aryl methyl sites for hydroxylation is 1. The second-order valence-electron chi connectivity index (χ2n) is 5.55. The maximum absolute atomic E-state index is 5.74. The first-order valence-corrected chi connectivity index (χ1v) is 7.91. The molecule has 0 aliphatic carbocycles. The van der Waals surface area contributed by atoms with Crippen molar-refractivity contribution in [3.05, 3.63) is 29.3 Å². The summed E-state index contributed by atoms with van der Waals surface area (Å²) in [4.78, 5) is 2.52. The summed E-state index contributed by atoms with van der Waals surface area (Å²) < 4.78 is 5.74. The largest absolute Gasteiger partial charge is 0.378 e. The summed E-state index contributed by atoms with van der Waals surface area (Å²) in [5.74, 6) is 0. The molecule has 3 heteroatoms. The van der Waals surface area contributed by atoms with Crippen LogP contribution in [0.1, 0.15) is 37.8 Å². The van der Waals surface area contributed by atoms with Crippen molar-refractivity contribution in [3.8, 4) is 0 Å². The van der Waals surface area contributed by atoms with Crippen LogP contribution in [-0.2, 0) is 11.3 Å². The normalized spacial score (nSPS) is 16.6. The number of ether oxygens (including phenoxy) is 1. The fourth-order valence-electron chi connectivity index (χ4n) is 2.92. The third-order valence-electron chi connectivity index (χ3n) is 3.99. The van der Waals surface area contributed by atoms with Gasteiger partial charge in [0.25, 0.3) is 0 Å². The molecule has 1 fully saturated rings. The number of piperidine rings is 1. The Labute approximate surface area is 123 Å². The Bertz CT molecular complexity index is 411. The molecule has 0 atom stereocenters. The van der Waals surface area contributed by atoms with Crippen LogP contribution in [0.2, 0.25) is 0 Å². The van der Waals surface area contributed by atoms with Crippen LogP contribution in [0.5, 0.6) is 0 Å². The summed E-state index contributed by atoms with van der Waals surface area (Å²) in [7, 11) is 0. The molecule has 1 aliphatic heterocycles. The van der Waals surface area contributed by atoms with E-state index >= 15 is 0 Å². The molecule has 0 spiro atoms. The van der Waals surface area contributed by atoms with Gasteiger partial charge >= 0.3 is 0 Å². The first-order chi connectivity index (χ1) is 9.74. The molecular formula is C17H28N2O. The van der Waals surface area contributed by atoms with Crippen molar-refractivity contribution in [2.45, 2.75) is 46.3 Å².